The highest BCUT2D eigenvalue weighted by Gasteiger charge is 2.32. The minimum absolute atomic E-state index is 0.0278. The lowest BCUT2D eigenvalue weighted by Crippen LogP contribution is -2.47. The number of allylic oxidation sites excluding steroid dienone is 1. The number of hydrogen-bond acceptors (Lipinski definition) is 5. The van der Waals surface area contributed by atoms with Gasteiger partial charge in [0.1, 0.15) is 5.78 Å². The van der Waals surface area contributed by atoms with Crippen molar-refractivity contribution in [1.82, 2.24) is 4.90 Å². The van der Waals surface area contributed by atoms with E-state index in [2.05, 4.69) is 23.7 Å². The average Bonchev–Trinajstić information content (AvgIpc) is 2.61. The Labute approximate surface area is 166 Å². The highest BCUT2D eigenvalue weighted by molar-refractivity contribution is 6.04. The van der Waals surface area contributed by atoms with E-state index >= 15 is 0 Å². The molecular weight excluding hydrogens is 356 g/mol. The summed E-state index contributed by atoms with van der Waals surface area (Å²) < 4.78 is 0. The van der Waals surface area contributed by atoms with Crippen molar-refractivity contribution in [1.29, 1.82) is 0 Å². The van der Waals surface area contributed by atoms with Crippen LogP contribution in [0.15, 0.2) is 42.2 Å². The monoisotopic (exact) mass is 384 g/mol. The largest absolute Gasteiger partial charge is 0.359 e. The van der Waals surface area contributed by atoms with Crippen LogP contribution in [0.1, 0.15) is 39.2 Å². The molecule has 1 aliphatic heterocycles. The molecular formula is C21H28N4O3. The molecule has 0 aliphatic carbocycles. The molecule has 1 N–H and O–H groups in total. The number of amides is 2. The molecule has 2 amide bonds. The first-order chi connectivity index (χ1) is 13.3. The van der Waals surface area contributed by atoms with E-state index in [1.807, 2.05) is 32.0 Å². The molecule has 1 aromatic carbocycles. The molecule has 0 aromatic heterocycles. The van der Waals surface area contributed by atoms with Gasteiger partial charge in [-0.1, -0.05) is 25.3 Å². The summed E-state index contributed by atoms with van der Waals surface area (Å²) in [5, 5.41) is 6.16. The predicted molar refractivity (Wildman–Crippen MR) is 113 cm³/mol. The maximum atomic E-state index is 12.7. The van der Waals surface area contributed by atoms with Crippen molar-refractivity contribution in [3.8, 4) is 0 Å². The highest BCUT2D eigenvalue weighted by Crippen LogP contribution is 2.37. The Balaban J connectivity index is 2.24. The van der Waals surface area contributed by atoms with Crippen LogP contribution in [0.25, 0.3) is 5.70 Å². The summed E-state index contributed by atoms with van der Waals surface area (Å²) in [4.78, 5) is 37.7. The topological polar surface area (TPSA) is 82.1 Å². The second-order valence-corrected chi connectivity index (χ2v) is 7.15. The molecule has 1 heterocycles. The summed E-state index contributed by atoms with van der Waals surface area (Å²) in [6.07, 6.45) is 1.21. The van der Waals surface area contributed by atoms with Crippen molar-refractivity contribution in [3.05, 3.63) is 47.5 Å². The van der Waals surface area contributed by atoms with E-state index in [-0.39, 0.29) is 30.8 Å². The van der Waals surface area contributed by atoms with Gasteiger partial charge >= 0.3 is 6.03 Å². The lowest BCUT2D eigenvalue weighted by atomic mass is 9.99. The fraction of sp³-hybridized carbons (Fsp3) is 0.429. The van der Waals surface area contributed by atoms with Crippen molar-refractivity contribution >= 4 is 28.9 Å². The quantitative estimate of drug-likeness (QED) is 0.597. The number of carbonyl (C=O) groups is 2. The summed E-state index contributed by atoms with van der Waals surface area (Å²) in [5.41, 5.74) is 3.81. The van der Waals surface area contributed by atoms with E-state index < -0.39 is 0 Å². The number of carbonyl (C=O) groups excluding carboxylic acids is 2. The number of nitrogens with one attached hydrogen (secondary N) is 1. The van der Waals surface area contributed by atoms with Crippen molar-refractivity contribution in [3.63, 3.8) is 0 Å². The lowest BCUT2D eigenvalue weighted by Gasteiger charge is -2.37. The van der Waals surface area contributed by atoms with Crippen LogP contribution in [0.3, 0.4) is 0 Å². The third-order valence-electron chi connectivity index (χ3n) is 4.67. The Bertz CT molecular complexity index is 803. The smallest absolute Gasteiger partial charge is 0.329 e. The minimum atomic E-state index is -0.202. The van der Waals surface area contributed by atoms with E-state index in [1.54, 1.807) is 16.7 Å². The number of benzene rings is 1. The second kappa shape index (κ2) is 9.30. The number of fused-ring (bicyclic) bond motifs is 1. The Morgan fingerprint density at radius 3 is 2.61 bits per heavy atom. The first kappa shape index (κ1) is 21.3. The van der Waals surface area contributed by atoms with Crippen molar-refractivity contribution in [2.45, 2.75) is 33.6 Å². The molecule has 28 heavy (non-hydrogen) atoms. The van der Waals surface area contributed by atoms with Gasteiger partial charge in [0.15, 0.2) is 0 Å². The van der Waals surface area contributed by atoms with Crippen LogP contribution in [-0.2, 0) is 4.79 Å². The van der Waals surface area contributed by atoms with Crippen LogP contribution in [0.2, 0.25) is 0 Å². The van der Waals surface area contributed by atoms with Crippen LogP contribution in [0, 0.1) is 10.8 Å². The molecule has 1 aliphatic rings. The molecule has 0 fully saturated rings. The van der Waals surface area contributed by atoms with Crippen LogP contribution < -0.4 is 10.2 Å². The molecule has 1 unspecified atom stereocenters. The minimum Gasteiger partial charge on any atom is -0.359 e. The molecule has 2 rings (SSSR count). The number of anilines is 2. The van der Waals surface area contributed by atoms with Gasteiger partial charge in [-0.05, 0) is 44.4 Å². The van der Waals surface area contributed by atoms with Gasteiger partial charge in [0.2, 0.25) is 0 Å². The number of nitrogens with zero attached hydrogens (tertiary/aromatic N) is 3. The number of urea groups is 1. The zero-order chi connectivity index (χ0) is 20.8. The number of hydrogen-bond donors (Lipinski definition) is 1. The first-order valence-electron chi connectivity index (χ1n) is 9.44. The molecule has 0 saturated carbocycles. The van der Waals surface area contributed by atoms with Crippen LogP contribution >= 0.6 is 0 Å². The van der Waals surface area contributed by atoms with Gasteiger partial charge in [0, 0.05) is 35.6 Å². The van der Waals surface area contributed by atoms with E-state index in [9.17, 15) is 14.5 Å². The summed E-state index contributed by atoms with van der Waals surface area (Å²) in [6, 6.07) is 5.43. The van der Waals surface area contributed by atoms with Gasteiger partial charge in [-0.2, -0.15) is 4.91 Å². The lowest BCUT2D eigenvalue weighted by molar-refractivity contribution is -0.117. The van der Waals surface area contributed by atoms with Gasteiger partial charge in [-0.3, -0.25) is 9.80 Å². The first-order valence-corrected chi connectivity index (χ1v) is 9.44. The van der Waals surface area contributed by atoms with Crippen molar-refractivity contribution in [2.24, 2.45) is 11.1 Å². The van der Waals surface area contributed by atoms with Gasteiger partial charge in [-0.25, -0.2) is 4.79 Å². The maximum absolute atomic E-state index is 12.7. The van der Waals surface area contributed by atoms with Crippen LogP contribution in [0.4, 0.5) is 16.2 Å². The second-order valence-electron chi connectivity index (χ2n) is 7.15. The Kier molecular flexibility index (Phi) is 7.09. The number of nitroso groups, excluding NO2 is 1. The molecule has 0 saturated heterocycles. The molecule has 1 aromatic rings. The molecule has 1 atom stereocenters. The molecule has 7 heteroatoms. The van der Waals surface area contributed by atoms with E-state index in [0.717, 1.165) is 16.9 Å². The Morgan fingerprint density at radius 2 is 2.00 bits per heavy atom. The molecule has 7 nitrogen and oxygen atoms in total. The zero-order valence-corrected chi connectivity index (χ0v) is 16.8. The summed E-state index contributed by atoms with van der Waals surface area (Å²) >= 11 is 0. The summed E-state index contributed by atoms with van der Waals surface area (Å²) in [7, 11) is 0. The summed E-state index contributed by atoms with van der Waals surface area (Å²) in [5.74, 6) is 0.379. The van der Waals surface area contributed by atoms with Gasteiger partial charge in [0.25, 0.3) is 0 Å². The Morgan fingerprint density at radius 1 is 1.29 bits per heavy atom. The number of rotatable bonds is 10. The standard InChI is InChI=1S/C21H28N4O3/c1-6-24-17(5)19-13-18(23-15(3)11-14(2)12-16(4)26)7-8-20(19)25(21(24)27)10-9-22-28/h7-8,13-14,23H,3,5-6,9-12H2,1-2,4H3. The van der Waals surface area contributed by atoms with Gasteiger partial charge in [0.05, 0.1) is 18.8 Å². The number of ketones is 1. The fourth-order valence-electron chi connectivity index (χ4n) is 3.51. The Hall–Kier alpha value is -2.96. The predicted octanol–water partition coefficient (Wildman–Crippen LogP) is 4.62. The third-order valence-corrected chi connectivity index (χ3v) is 4.67. The normalized spacial score (nSPS) is 14.5. The highest BCUT2D eigenvalue weighted by atomic mass is 16.3. The van der Waals surface area contributed by atoms with Crippen molar-refractivity contribution in [2.75, 3.05) is 29.9 Å². The molecule has 150 valence electrons. The third kappa shape index (κ3) is 4.85. The van der Waals surface area contributed by atoms with Crippen LogP contribution in [0.5, 0.6) is 0 Å². The molecule has 0 spiro atoms. The van der Waals surface area contributed by atoms with Gasteiger partial charge in [-0.15, -0.1) is 0 Å². The maximum Gasteiger partial charge on any atom is 0.329 e. The van der Waals surface area contributed by atoms with E-state index in [1.165, 1.54) is 0 Å². The van der Waals surface area contributed by atoms with E-state index in [4.69, 9.17) is 0 Å². The van der Waals surface area contributed by atoms with Gasteiger partial charge < -0.3 is 10.1 Å². The van der Waals surface area contributed by atoms with Crippen molar-refractivity contribution < 1.29 is 9.59 Å². The zero-order valence-electron chi connectivity index (χ0n) is 16.8. The number of Topliss-reactive ketones (excluding diaryl/α,β-unsaturated/α-hetero) is 1. The molecule has 0 bridgehead atoms. The average molecular weight is 384 g/mol. The van der Waals surface area contributed by atoms with Crippen LogP contribution in [-0.4, -0.2) is 36.3 Å². The van der Waals surface area contributed by atoms with E-state index in [0.29, 0.717) is 30.8 Å². The fourth-order valence-corrected chi connectivity index (χ4v) is 3.51. The molecule has 0 radical (unpaired) electrons. The summed E-state index contributed by atoms with van der Waals surface area (Å²) in [6.45, 7) is 14.4. The SMILES string of the molecule is C=C(CC(C)CC(C)=O)Nc1ccc2c(c1)C(=C)N(CC)C(=O)N2CCN=O.